The van der Waals surface area contributed by atoms with E-state index < -0.39 is 11.7 Å². The zero-order valence-electron chi connectivity index (χ0n) is 11.4. The number of nitrogens with one attached hydrogen (secondary N) is 1. The van der Waals surface area contributed by atoms with Crippen LogP contribution < -0.4 is 5.32 Å². The number of benzene rings is 1. The number of hydrogen-bond acceptors (Lipinski definition) is 2. The molecule has 1 unspecified atom stereocenters. The van der Waals surface area contributed by atoms with Crippen LogP contribution in [0.15, 0.2) is 40.2 Å². The molecule has 6 heteroatoms. The normalized spacial score (nSPS) is 13.4. The van der Waals surface area contributed by atoms with Gasteiger partial charge in [-0.2, -0.15) is 13.2 Å². The molecule has 1 nitrogen and oxygen atoms in total. The van der Waals surface area contributed by atoms with Gasteiger partial charge in [-0.3, -0.25) is 0 Å². The van der Waals surface area contributed by atoms with Gasteiger partial charge in [0.15, 0.2) is 0 Å². The second-order valence-corrected chi connectivity index (χ2v) is 6.48. The third-order valence-corrected chi connectivity index (χ3v) is 5.10. The smallest absolute Gasteiger partial charge is 0.310 e. The molecule has 1 N–H and O–H groups in total. The van der Waals surface area contributed by atoms with Crippen LogP contribution in [-0.4, -0.2) is 6.54 Å². The molecular formula is C15H15BrF3NS. The van der Waals surface area contributed by atoms with Gasteiger partial charge in [-0.05, 0) is 51.6 Å². The Balaban J connectivity index is 2.28. The molecule has 0 spiro atoms. The topological polar surface area (TPSA) is 12.0 Å². The zero-order valence-corrected chi connectivity index (χ0v) is 13.8. The maximum absolute atomic E-state index is 12.8. The Morgan fingerprint density at radius 2 is 2.05 bits per heavy atom. The Hall–Kier alpha value is -0.850. The first-order chi connectivity index (χ1) is 9.91. The Kier molecular flexibility index (Phi) is 5.46. The van der Waals surface area contributed by atoms with Crippen LogP contribution in [0.4, 0.5) is 13.2 Å². The van der Waals surface area contributed by atoms with Gasteiger partial charge in [-0.15, -0.1) is 11.3 Å². The quantitative estimate of drug-likeness (QED) is 0.732. The molecule has 0 aliphatic heterocycles. The van der Waals surface area contributed by atoms with Crippen LogP contribution in [0.2, 0.25) is 0 Å². The van der Waals surface area contributed by atoms with Crippen molar-refractivity contribution in [3.05, 3.63) is 56.2 Å². The van der Waals surface area contributed by atoms with Crippen LogP contribution in [0.3, 0.4) is 0 Å². The summed E-state index contributed by atoms with van der Waals surface area (Å²) in [4.78, 5) is 1.12. The van der Waals surface area contributed by atoms with E-state index >= 15 is 0 Å². The molecular weight excluding hydrogens is 363 g/mol. The van der Waals surface area contributed by atoms with E-state index in [-0.39, 0.29) is 6.04 Å². The van der Waals surface area contributed by atoms with Gasteiger partial charge in [0.05, 0.1) is 5.56 Å². The van der Waals surface area contributed by atoms with E-state index in [1.807, 2.05) is 18.4 Å². The van der Waals surface area contributed by atoms with Crippen molar-refractivity contribution in [2.24, 2.45) is 0 Å². The fourth-order valence-corrected chi connectivity index (χ4v) is 3.70. The summed E-state index contributed by atoms with van der Waals surface area (Å²) in [5.74, 6) is 0. The summed E-state index contributed by atoms with van der Waals surface area (Å²) < 4.78 is 39.5. The van der Waals surface area contributed by atoms with Crippen molar-refractivity contribution < 1.29 is 13.2 Å². The van der Waals surface area contributed by atoms with Crippen molar-refractivity contribution in [1.82, 2.24) is 5.32 Å². The third kappa shape index (κ3) is 4.31. The van der Waals surface area contributed by atoms with E-state index in [2.05, 4.69) is 21.2 Å². The fourth-order valence-electron chi connectivity index (χ4n) is 2.14. The predicted octanol–water partition coefficient (Wildman–Crippen LogP) is 5.42. The number of rotatable bonds is 5. The highest BCUT2D eigenvalue weighted by atomic mass is 79.9. The minimum Gasteiger partial charge on any atom is -0.310 e. The molecule has 1 heterocycles. The molecule has 2 aromatic rings. The number of thiophene rings is 1. The monoisotopic (exact) mass is 377 g/mol. The molecule has 0 amide bonds. The minimum atomic E-state index is -4.31. The third-order valence-electron chi connectivity index (χ3n) is 3.15. The molecule has 1 aromatic heterocycles. The van der Waals surface area contributed by atoms with Gasteiger partial charge in [-0.25, -0.2) is 0 Å². The highest BCUT2D eigenvalue weighted by molar-refractivity contribution is 9.10. The molecule has 0 fully saturated rings. The molecule has 0 saturated heterocycles. The van der Waals surface area contributed by atoms with Crippen molar-refractivity contribution in [3.63, 3.8) is 0 Å². The van der Waals surface area contributed by atoms with Gasteiger partial charge >= 0.3 is 6.18 Å². The number of likely N-dealkylation sites (N-methyl/N-ethyl adjacent to an activating group) is 1. The van der Waals surface area contributed by atoms with Crippen molar-refractivity contribution in [3.8, 4) is 0 Å². The van der Waals surface area contributed by atoms with Gasteiger partial charge in [0.1, 0.15) is 0 Å². The first-order valence-corrected chi connectivity index (χ1v) is 8.21. The van der Waals surface area contributed by atoms with Gasteiger partial charge < -0.3 is 5.32 Å². The molecule has 0 aliphatic carbocycles. The Morgan fingerprint density at radius 1 is 1.29 bits per heavy atom. The van der Waals surface area contributed by atoms with Crippen LogP contribution in [0.1, 0.15) is 29.0 Å². The lowest BCUT2D eigenvalue weighted by molar-refractivity contribution is -0.137. The molecule has 0 bridgehead atoms. The molecule has 114 valence electrons. The van der Waals surface area contributed by atoms with E-state index in [1.165, 1.54) is 12.1 Å². The Labute approximate surface area is 134 Å². The van der Waals surface area contributed by atoms with Crippen molar-refractivity contribution in [1.29, 1.82) is 0 Å². The van der Waals surface area contributed by atoms with E-state index in [0.717, 1.165) is 15.4 Å². The second-order valence-electron chi connectivity index (χ2n) is 4.63. The largest absolute Gasteiger partial charge is 0.416 e. The summed E-state index contributed by atoms with van der Waals surface area (Å²) in [6.45, 7) is 2.65. The van der Waals surface area contributed by atoms with Crippen LogP contribution in [-0.2, 0) is 12.6 Å². The summed E-state index contributed by atoms with van der Waals surface area (Å²) in [6, 6.07) is 7.36. The van der Waals surface area contributed by atoms with Crippen molar-refractivity contribution >= 4 is 27.3 Å². The lowest BCUT2D eigenvalue weighted by atomic mass is 10.0. The SMILES string of the molecule is CCNC(Cc1sccc1Br)c1cccc(C(F)(F)F)c1. The van der Waals surface area contributed by atoms with E-state index in [0.29, 0.717) is 18.5 Å². The first-order valence-electron chi connectivity index (χ1n) is 6.54. The molecule has 0 aliphatic rings. The molecule has 2 rings (SSSR count). The molecule has 0 saturated carbocycles. The van der Waals surface area contributed by atoms with Crippen LogP contribution in [0, 0.1) is 0 Å². The van der Waals surface area contributed by atoms with E-state index in [9.17, 15) is 13.2 Å². The molecule has 1 atom stereocenters. The summed E-state index contributed by atoms with van der Waals surface area (Å²) in [5, 5.41) is 5.23. The molecule has 1 aromatic carbocycles. The Bertz CT molecular complexity index is 595. The first kappa shape index (κ1) is 16.5. The van der Waals surface area contributed by atoms with Gasteiger partial charge in [0.2, 0.25) is 0 Å². The van der Waals surface area contributed by atoms with Gasteiger partial charge in [-0.1, -0.05) is 19.1 Å². The summed E-state index contributed by atoms with van der Waals surface area (Å²) in [5.41, 5.74) is 0.0557. The zero-order chi connectivity index (χ0) is 15.5. The van der Waals surface area contributed by atoms with Crippen LogP contribution in [0.25, 0.3) is 0 Å². The molecule has 21 heavy (non-hydrogen) atoms. The summed E-state index contributed by atoms with van der Waals surface area (Å²) in [6.07, 6.45) is -3.65. The van der Waals surface area contributed by atoms with Crippen molar-refractivity contribution in [2.75, 3.05) is 6.54 Å². The summed E-state index contributed by atoms with van der Waals surface area (Å²) in [7, 11) is 0. The average molecular weight is 378 g/mol. The lowest BCUT2D eigenvalue weighted by Gasteiger charge is -2.19. The maximum atomic E-state index is 12.8. The van der Waals surface area contributed by atoms with Gasteiger partial charge in [0.25, 0.3) is 0 Å². The number of halogens is 4. The second kappa shape index (κ2) is 6.94. The minimum absolute atomic E-state index is 0.132. The van der Waals surface area contributed by atoms with Crippen LogP contribution >= 0.6 is 27.3 Å². The van der Waals surface area contributed by atoms with Crippen LogP contribution in [0.5, 0.6) is 0 Å². The van der Waals surface area contributed by atoms with Crippen molar-refractivity contribution in [2.45, 2.75) is 25.6 Å². The fraction of sp³-hybridized carbons (Fsp3) is 0.333. The summed E-state index contributed by atoms with van der Waals surface area (Å²) >= 11 is 5.07. The van der Waals surface area contributed by atoms with E-state index in [1.54, 1.807) is 17.4 Å². The maximum Gasteiger partial charge on any atom is 0.416 e. The highest BCUT2D eigenvalue weighted by Gasteiger charge is 2.31. The molecule has 0 radical (unpaired) electrons. The average Bonchev–Trinajstić information content (AvgIpc) is 2.83. The highest BCUT2D eigenvalue weighted by Crippen LogP contribution is 2.33. The lowest BCUT2D eigenvalue weighted by Crippen LogP contribution is -2.23. The Morgan fingerprint density at radius 3 is 2.62 bits per heavy atom. The standard InChI is InChI=1S/C15H15BrF3NS/c1-2-20-13(9-14-12(16)6-7-21-14)10-4-3-5-11(8-10)15(17,18)19/h3-8,13,20H,2,9H2,1H3. The number of alkyl halides is 3. The van der Waals surface area contributed by atoms with Gasteiger partial charge in [0, 0.05) is 21.8 Å². The number of hydrogen-bond donors (Lipinski definition) is 1. The van der Waals surface area contributed by atoms with E-state index in [4.69, 9.17) is 0 Å². The predicted molar refractivity (Wildman–Crippen MR) is 83.6 cm³/mol.